The molecule has 0 heterocycles. The van der Waals surface area contributed by atoms with Crippen LogP contribution in [0.4, 0.5) is 5.69 Å². The van der Waals surface area contributed by atoms with Crippen molar-refractivity contribution in [2.75, 3.05) is 25.1 Å². The van der Waals surface area contributed by atoms with Crippen molar-refractivity contribution in [3.63, 3.8) is 0 Å². The summed E-state index contributed by atoms with van der Waals surface area (Å²) in [6, 6.07) is 7.20. The number of hydrogen-bond acceptors (Lipinski definition) is 4. The lowest BCUT2D eigenvalue weighted by Gasteiger charge is -2.10. The minimum absolute atomic E-state index is 0.0252. The molecule has 0 saturated carbocycles. The molecule has 106 valence electrons. The first-order chi connectivity index (χ1) is 9.11. The van der Waals surface area contributed by atoms with Gasteiger partial charge >= 0.3 is 0 Å². The summed E-state index contributed by atoms with van der Waals surface area (Å²) in [5.41, 5.74) is 6.30. The molecule has 1 aromatic rings. The normalized spacial score (nSPS) is 11.9. The third-order valence-corrected chi connectivity index (χ3v) is 3.77. The fraction of sp³-hybridized carbons (Fsp3) is 0.500. The Kier molecular flexibility index (Phi) is 7.18. The smallest absolute Gasteiger partial charge is 0.223 e. The maximum Gasteiger partial charge on any atom is 0.223 e. The number of nitrogen functional groups attached to an aromatic ring is 1. The zero-order valence-corrected chi connectivity index (χ0v) is 12.3. The molecule has 0 fully saturated rings. The number of amides is 1. The molecule has 19 heavy (non-hydrogen) atoms. The highest BCUT2D eigenvalue weighted by Gasteiger charge is 2.03. The number of carbonyl (C=O) groups excluding carboxylic acids is 1. The lowest BCUT2D eigenvalue weighted by Crippen LogP contribution is -2.27. The van der Waals surface area contributed by atoms with E-state index in [2.05, 4.69) is 18.5 Å². The van der Waals surface area contributed by atoms with Gasteiger partial charge in [-0.05, 0) is 24.8 Å². The second-order valence-corrected chi connectivity index (χ2v) is 5.63. The standard InChI is InChI=1S/C14H22N2O2S/c1-11(19-2)6-8-16-14(17)7-9-18-13-5-3-4-12(15)10-13/h3-5,10-11H,6-9,15H2,1-2H3,(H,16,17). The average Bonchev–Trinajstić information content (AvgIpc) is 2.38. The number of thioether (sulfide) groups is 1. The maximum atomic E-state index is 11.5. The number of hydrogen-bond donors (Lipinski definition) is 2. The first-order valence-electron chi connectivity index (χ1n) is 6.39. The van der Waals surface area contributed by atoms with Gasteiger partial charge in [0.1, 0.15) is 5.75 Å². The van der Waals surface area contributed by atoms with Gasteiger partial charge in [0.2, 0.25) is 5.91 Å². The SMILES string of the molecule is CSC(C)CCNC(=O)CCOc1cccc(N)c1. The van der Waals surface area contributed by atoms with Gasteiger partial charge in [-0.1, -0.05) is 13.0 Å². The van der Waals surface area contributed by atoms with Crippen molar-refractivity contribution in [1.29, 1.82) is 0 Å². The van der Waals surface area contributed by atoms with Crippen LogP contribution in [0.25, 0.3) is 0 Å². The molecule has 0 aliphatic heterocycles. The fourth-order valence-corrected chi connectivity index (χ4v) is 1.84. The maximum absolute atomic E-state index is 11.5. The number of rotatable bonds is 8. The van der Waals surface area contributed by atoms with Gasteiger partial charge in [-0.25, -0.2) is 0 Å². The van der Waals surface area contributed by atoms with Gasteiger partial charge in [0.05, 0.1) is 13.0 Å². The van der Waals surface area contributed by atoms with Crippen molar-refractivity contribution in [3.05, 3.63) is 24.3 Å². The van der Waals surface area contributed by atoms with E-state index in [9.17, 15) is 4.79 Å². The van der Waals surface area contributed by atoms with Crippen LogP contribution in [0.5, 0.6) is 5.75 Å². The predicted octanol–water partition coefficient (Wildman–Crippen LogP) is 2.30. The molecule has 1 unspecified atom stereocenters. The summed E-state index contributed by atoms with van der Waals surface area (Å²) in [5, 5.41) is 3.46. The van der Waals surface area contributed by atoms with E-state index in [0.29, 0.717) is 29.7 Å². The number of nitrogens with two attached hydrogens (primary N) is 1. The van der Waals surface area contributed by atoms with Crippen LogP contribution < -0.4 is 15.8 Å². The van der Waals surface area contributed by atoms with E-state index in [1.807, 2.05) is 12.1 Å². The van der Waals surface area contributed by atoms with Crippen LogP contribution in [0, 0.1) is 0 Å². The molecule has 1 atom stereocenters. The molecule has 0 aliphatic carbocycles. The van der Waals surface area contributed by atoms with E-state index < -0.39 is 0 Å². The Labute approximate surface area is 119 Å². The van der Waals surface area contributed by atoms with E-state index in [1.54, 1.807) is 23.9 Å². The first kappa shape index (κ1) is 15.7. The molecular formula is C14H22N2O2S. The monoisotopic (exact) mass is 282 g/mol. The Morgan fingerprint density at radius 2 is 2.32 bits per heavy atom. The molecule has 0 aliphatic rings. The Morgan fingerprint density at radius 3 is 3.00 bits per heavy atom. The van der Waals surface area contributed by atoms with Crippen molar-refractivity contribution >= 4 is 23.4 Å². The van der Waals surface area contributed by atoms with E-state index in [-0.39, 0.29) is 5.91 Å². The van der Waals surface area contributed by atoms with Crippen molar-refractivity contribution < 1.29 is 9.53 Å². The van der Waals surface area contributed by atoms with E-state index in [4.69, 9.17) is 10.5 Å². The van der Waals surface area contributed by atoms with Crippen LogP contribution in [0.3, 0.4) is 0 Å². The molecule has 0 bridgehead atoms. The van der Waals surface area contributed by atoms with Crippen molar-refractivity contribution in [2.24, 2.45) is 0 Å². The van der Waals surface area contributed by atoms with Gasteiger partial charge in [-0.3, -0.25) is 4.79 Å². The first-order valence-corrected chi connectivity index (χ1v) is 7.68. The summed E-state index contributed by atoms with van der Waals surface area (Å²) in [5.74, 6) is 0.723. The second-order valence-electron chi connectivity index (χ2n) is 4.36. The zero-order valence-electron chi connectivity index (χ0n) is 11.5. The summed E-state index contributed by atoms with van der Waals surface area (Å²) in [6.07, 6.45) is 3.43. The van der Waals surface area contributed by atoms with Crippen LogP contribution in [0.2, 0.25) is 0 Å². The van der Waals surface area contributed by atoms with Gasteiger partial charge in [0.15, 0.2) is 0 Å². The van der Waals surface area contributed by atoms with Gasteiger partial charge in [0, 0.05) is 23.5 Å². The summed E-state index contributed by atoms with van der Waals surface area (Å²) in [6.45, 7) is 3.24. The lowest BCUT2D eigenvalue weighted by atomic mass is 10.3. The minimum atomic E-state index is 0.0252. The van der Waals surface area contributed by atoms with Gasteiger partial charge in [-0.15, -0.1) is 0 Å². The largest absolute Gasteiger partial charge is 0.493 e. The van der Waals surface area contributed by atoms with Gasteiger partial charge < -0.3 is 15.8 Å². The highest BCUT2D eigenvalue weighted by molar-refractivity contribution is 7.99. The van der Waals surface area contributed by atoms with Crippen molar-refractivity contribution in [1.82, 2.24) is 5.32 Å². The Morgan fingerprint density at radius 1 is 1.53 bits per heavy atom. The van der Waals surface area contributed by atoms with Gasteiger partial charge in [0.25, 0.3) is 0 Å². The molecule has 0 aromatic heterocycles. The molecule has 1 rings (SSSR count). The molecule has 0 spiro atoms. The van der Waals surface area contributed by atoms with Gasteiger partial charge in [-0.2, -0.15) is 11.8 Å². The van der Waals surface area contributed by atoms with E-state index in [1.165, 1.54) is 0 Å². The number of ether oxygens (including phenoxy) is 1. The molecule has 1 amide bonds. The van der Waals surface area contributed by atoms with Crippen molar-refractivity contribution in [3.8, 4) is 5.75 Å². The lowest BCUT2D eigenvalue weighted by molar-refractivity contribution is -0.121. The fourth-order valence-electron chi connectivity index (χ4n) is 1.49. The third-order valence-electron chi connectivity index (χ3n) is 2.73. The zero-order chi connectivity index (χ0) is 14.1. The highest BCUT2D eigenvalue weighted by Crippen LogP contribution is 2.14. The highest BCUT2D eigenvalue weighted by atomic mass is 32.2. The summed E-state index contributed by atoms with van der Waals surface area (Å²) in [4.78, 5) is 11.5. The minimum Gasteiger partial charge on any atom is -0.493 e. The third kappa shape index (κ3) is 6.96. The van der Waals surface area contributed by atoms with Crippen molar-refractivity contribution in [2.45, 2.75) is 25.0 Å². The quantitative estimate of drug-likeness (QED) is 0.718. The summed E-state index contributed by atoms with van der Waals surface area (Å²) in [7, 11) is 0. The molecule has 5 heteroatoms. The second kappa shape index (κ2) is 8.69. The van der Waals surface area contributed by atoms with E-state index >= 15 is 0 Å². The number of carbonyl (C=O) groups is 1. The van der Waals surface area contributed by atoms with Crippen LogP contribution in [0.1, 0.15) is 19.8 Å². The number of anilines is 1. The van der Waals surface area contributed by atoms with E-state index in [0.717, 1.165) is 13.0 Å². The summed E-state index contributed by atoms with van der Waals surface area (Å²) >= 11 is 1.81. The Balaban J connectivity index is 2.13. The molecule has 4 nitrogen and oxygen atoms in total. The number of nitrogens with one attached hydrogen (secondary N) is 1. The predicted molar refractivity (Wildman–Crippen MR) is 81.6 cm³/mol. The average molecular weight is 282 g/mol. The topological polar surface area (TPSA) is 64.3 Å². The van der Waals surface area contributed by atoms with Crippen LogP contribution in [0.15, 0.2) is 24.3 Å². The molecule has 0 saturated heterocycles. The molecule has 0 radical (unpaired) electrons. The Bertz CT molecular complexity index is 399. The molecule has 1 aromatic carbocycles. The number of benzene rings is 1. The van der Waals surface area contributed by atoms with Crippen LogP contribution in [-0.4, -0.2) is 30.6 Å². The summed E-state index contributed by atoms with van der Waals surface area (Å²) < 4.78 is 5.46. The van der Waals surface area contributed by atoms with Crippen LogP contribution >= 0.6 is 11.8 Å². The molecular weight excluding hydrogens is 260 g/mol. The Hall–Kier alpha value is -1.36. The molecule has 3 N–H and O–H groups in total. The van der Waals surface area contributed by atoms with Crippen LogP contribution in [-0.2, 0) is 4.79 Å².